The Labute approximate surface area is 248 Å². The Morgan fingerprint density at radius 2 is 1.95 bits per heavy atom. The lowest BCUT2D eigenvalue weighted by molar-refractivity contribution is -0.161. The summed E-state index contributed by atoms with van der Waals surface area (Å²) in [5, 5.41) is 25.3. The van der Waals surface area contributed by atoms with Gasteiger partial charge in [0.25, 0.3) is 0 Å². The third-order valence-electron chi connectivity index (χ3n) is 10.3. The number of carboxylic acid groups (broad SMARTS) is 1. The van der Waals surface area contributed by atoms with Crippen LogP contribution in [0, 0.1) is 29.1 Å². The second-order valence-electron chi connectivity index (χ2n) is 13.3. The monoisotopic (exact) mass is 579 g/mol. The van der Waals surface area contributed by atoms with Gasteiger partial charge in [0.05, 0.1) is 31.9 Å². The van der Waals surface area contributed by atoms with Crippen LogP contribution in [0.1, 0.15) is 56.5 Å². The second kappa shape index (κ2) is 11.5. The van der Waals surface area contributed by atoms with Crippen LogP contribution >= 0.6 is 0 Å². The van der Waals surface area contributed by atoms with E-state index >= 15 is 0 Å². The van der Waals surface area contributed by atoms with Crippen LogP contribution in [0.4, 0.5) is 5.69 Å². The van der Waals surface area contributed by atoms with Crippen molar-refractivity contribution in [3.63, 3.8) is 0 Å². The van der Waals surface area contributed by atoms with Crippen molar-refractivity contribution in [1.29, 1.82) is 0 Å². The number of benzene rings is 2. The number of anilines is 1. The number of aliphatic hydroxyl groups is 1. The molecule has 1 heterocycles. The maximum Gasteiger partial charge on any atom is 0.335 e. The van der Waals surface area contributed by atoms with E-state index in [1.54, 1.807) is 31.2 Å². The first-order valence-corrected chi connectivity index (χ1v) is 14.9. The third-order valence-corrected chi connectivity index (χ3v) is 10.3. The van der Waals surface area contributed by atoms with E-state index in [0.29, 0.717) is 34.5 Å². The molecule has 9 nitrogen and oxygen atoms in total. The summed E-state index contributed by atoms with van der Waals surface area (Å²) in [5.74, 6) is 0.688. The van der Waals surface area contributed by atoms with Crippen molar-refractivity contribution >= 4 is 17.6 Å². The maximum absolute atomic E-state index is 13.9. The summed E-state index contributed by atoms with van der Waals surface area (Å²) in [6, 6.07) is 10.4. The predicted molar refractivity (Wildman–Crippen MR) is 161 cm³/mol. The van der Waals surface area contributed by atoms with E-state index in [2.05, 4.69) is 26.1 Å². The second-order valence-corrected chi connectivity index (χ2v) is 13.3. The first-order valence-electron chi connectivity index (χ1n) is 14.9. The van der Waals surface area contributed by atoms with E-state index in [1.165, 1.54) is 6.42 Å². The lowest BCUT2D eigenvalue weighted by atomic mass is 9.45. The number of para-hydroxylation sites is 1. The summed E-state index contributed by atoms with van der Waals surface area (Å²) >= 11 is 0. The molecule has 1 amide bonds. The Morgan fingerprint density at radius 1 is 1.21 bits per heavy atom. The van der Waals surface area contributed by atoms with Crippen LogP contribution in [0.5, 0.6) is 5.75 Å². The van der Waals surface area contributed by atoms with Gasteiger partial charge in [-0.1, -0.05) is 39.0 Å². The zero-order chi connectivity index (χ0) is 30.5. The van der Waals surface area contributed by atoms with Crippen LogP contribution in [-0.2, 0) is 16.2 Å². The van der Waals surface area contributed by atoms with Crippen molar-refractivity contribution in [2.24, 2.45) is 29.1 Å². The summed E-state index contributed by atoms with van der Waals surface area (Å²) in [6.45, 7) is 9.14. The number of carbonyl (C=O) groups is 2. The molecule has 2 bridgehead atoms. The highest BCUT2D eigenvalue weighted by Crippen LogP contribution is 2.61. The number of rotatable bonds is 9. The molecule has 7 atom stereocenters. The molecule has 1 saturated heterocycles. The zero-order valence-electron chi connectivity index (χ0n) is 25.8. The van der Waals surface area contributed by atoms with Gasteiger partial charge >= 0.3 is 5.97 Å². The number of nitrogens with one attached hydrogen (secondary N) is 1. The number of hydrogen-bond donors (Lipinski definition) is 3. The highest BCUT2D eigenvalue weighted by Gasteiger charge is 2.57. The van der Waals surface area contributed by atoms with Gasteiger partial charge in [0.1, 0.15) is 11.8 Å². The molecule has 0 radical (unpaired) electrons. The summed E-state index contributed by atoms with van der Waals surface area (Å²) < 4.78 is 5.89. The first kappa shape index (κ1) is 30.3. The minimum absolute atomic E-state index is 0.108. The van der Waals surface area contributed by atoms with Crippen molar-refractivity contribution < 1.29 is 29.4 Å². The Kier molecular flexibility index (Phi) is 8.31. The molecule has 2 aromatic carbocycles. The van der Waals surface area contributed by atoms with Crippen molar-refractivity contribution in [3.05, 3.63) is 47.5 Å². The third kappa shape index (κ3) is 5.38. The van der Waals surface area contributed by atoms with Crippen molar-refractivity contribution in [2.45, 2.75) is 65.3 Å². The van der Waals surface area contributed by atoms with E-state index in [4.69, 9.17) is 9.57 Å². The number of hydroxylamine groups is 2. The Hall–Kier alpha value is -3.14. The topological polar surface area (TPSA) is 112 Å². The highest BCUT2D eigenvalue weighted by molar-refractivity contribution is 5.92. The van der Waals surface area contributed by atoms with Crippen molar-refractivity contribution in [3.8, 4) is 16.9 Å². The number of carboxylic acids is 1. The Morgan fingerprint density at radius 3 is 2.55 bits per heavy atom. The summed E-state index contributed by atoms with van der Waals surface area (Å²) in [4.78, 5) is 33.7. The SMILES string of the molecule is COc1c(CN2OC[C@H]([C@H](C)O)[C@H]2C(=O)N[C@H]2C[C@H]3C[C@@H]([C@@H]2C)C3(C)C)cccc1-c1cc(C(=O)O)cc(N(C)C)c1. The van der Waals surface area contributed by atoms with Crippen LogP contribution < -0.4 is 15.0 Å². The van der Waals surface area contributed by atoms with Crippen molar-refractivity contribution in [1.82, 2.24) is 10.4 Å². The summed E-state index contributed by atoms with van der Waals surface area (Å²) in [5.41, 5.74) is 3.51. The van der Waals surface area contributed by atoms with Gasteiger partial charge in [-0.3, -0.25) is 9.63 Å². The molecule has 228 valence electrons. The zero-order valence-corrected chi connectivity index (χ0v) is 25.8. The fourth-order valence-corrected chi connectivity index (χ4v) is 7.54. The van der Waals surface area contributed by atoms with Gasteiger partial charge in [-0.15, -0.1) is 0 Å². The van der Waals surface area contributed by atoms with Crippen LogP contribution in [0.15, 0.2) is 36.4 Å². The minimum atomic E-state index is -1.01. The molecule has 4 fully saturated rings. The summed E-state index contributed by atoms with van der Waals surface area (Å²) in [7, 11) is 5.32. The van der Waals surface area contributed by atoms with Crippen molar-refractivity contribution in [2.75, 3.05) is 32.7 Å². The molecular formula is C33H45N3O6. The molecule has 3 N–H and O–H groups in total. The van der Waals surface area contributed by atoms with E-state index in [9.17, 15) is 19.8 Å². The number of aliphatic hydroxyl groups excluding tert-OH is 1. The highest BCUT2D eigenvalue weighted by atomic mass is 16.7. The number of methoxy groups -OCH3 is 1. The van der Waals surface area contributed by atoms with Gasteiger partial charge in [-0.25, -0.2) is 4.79 Å². The predicted octanol–water partition coefficient (Wildman–Crippen LogP) is 4.43. The molecule has 2 aromatic rings. The minimum Gasteiger partial charge on any atom is -0.496 e. The van der Waals surface area contributed by atoms with E-state index in [-0.39, 0.29) is 36.6 Å². The van der Waals surface area contributed by atoms with E-state index in [1.807, 2.05) is 43.3 Å². The smallest absolute Gasteiger partial charge is 0.335 e. The molecular weight excluding hydrogens is 534 g/mol. The number of aromatic carboxylic acids is 1. The van der Waals surface area contributed by atoms with Crippen LogP contribution in [0.25, 0.3) is 11.1 Å². The van der Waals surface area contributed by atoms with E-state index < -0.39 is 18.1 Å². The Balaban J connectivity index is 1.42. The molecule has 3 aliphatic carbocycles. The van der Waals surface area contributed by atoms with Crippen LogP contribution in [-0.4, -0.2) is 73.2 Å². The fourth-order valence-electron chi connectivity index (χ4n) is 7.54. The van der Waals surface area contributed by atoms with Gasteiger partial charge < -0.3 is 25.2 Å². The average molecular weight is 580 g/mol. The van der Waals surface area contributed by atoms with E-state index in [0.717, 1.165) is 23.2 Å². The first-order chi connectivity index (χ1) is 19.8. The number of nitrogens with zero attached hydrogens (tertiary/aromatic N) is 2. The quantitative estimate of drug-likeness (QED) is 0.400. The maximum atomic E-state index is 13.9. The molecule has 0 unspecified atom stereocenters. The molecule has 6 rings (SSSR count). The number of hydrogen-bond acceptors (Lipinski definition) is 7. The number of carbonyl (C=O) groups excluding carboxylic acids is 1. The number of fused-ring (bicyclic) bond motifs is 2. The number of amides is 1. The van der Waals surface area contributed by atoms with Gasteiger partial charge in [-0.2, -0.15) is 5.06 Å². The molecule has 42 heavy (non-hydrogen) atoms. The van der Waals surface area contributed by atoms with Gasteiger partial charge in [0, 0.05) is 42.9 Å². The molecule has 4 aliphatic rings. The molecule has 3 saturated carbocycles. The van der Waals surface area contributed by atoms with Crippen LogP contribution in [0.2, 0.25) is 0 Å². The fraction of sp³-hybridized carbons (Fsp3) is 0.576. The Bertz CT molecular complexity index is 1340. The molecule has 1 aliphatic heterocycles. The van der Waals surface area contributed by atoms with Gasteiger partial charge in [-0.05, 0) is 66.7 Å². The normalized spacial score (nSPS) is 29.0. The molecule has 0 spiro atoms. The molecule has 9 heteroatoms. The summed E-state index contributed by atoms with van der Waals surface area (Å²) in [6.07, 6.45) is 1.49. The average Bonchev–Trinajstić information content (AvgIpc) is 3.37. The van der Waals surface area contributed by atoms with Gasteiger partial charge in [0.15, 0.2) is 0 Å². The largest absolute Gasteiger partial charge is 0.496 e. The lowest BCUT2D eigenvalue weighted by Gasteiger charge is -2.62. The molecule has 0 aromatic heterocycles. The standard InChI is InChI=1S/C33H45N3O6/c1-18-27-14-23(33(27,3)4)15-28(18)34-31(38)29-26(19(2)37)17-42-36(29)16-20-9-8-10-25(30(20)41-7)21-11-22(32(39)40)13-24(12-21)35(5)6/h8-13,18-19,23,26-29,37H,14-17H2,1-7H3,(H,34,38)(H,39,40)/t18-,19-,23+,26+,27-,28-,29-/m0/s1. The number of ether oxygens (including phenoxy) is 1. The lowest BCUT2D eigenvalue weighted by Crippen LogP contribution is -2.62. The van der Waals surface area contributed by atoms with Gasteiger partial charge in [0.2, 0.25) is 5.91 Å². The van der Waals surface area contributed by atoms with Crippen LogP contribution in [0.3, 0.4) is 0 Å².